The summed E-state index contributed by atoms with van der Waals surface area (Å²) in [5, 5.41) is 23.4. The Hall–Kier alpha value is -1.14. The Morgan fingerprint density at radius 3 is 2.50 bits per heavy atom. The Morgan fingerprint density at radius 2 is 2.05 bits per heavy atom. The minimum atomic E-state index is -0.390. The molecule has 20 heavy (non-hydrogen) atoms. The molecule has 0 aliphatic heterocycles. The molecule has 0 heterocycles. The van der Waals surface area contributed by atoms with Gasteiger partial charge in [-0.2, -0.15) is 0 Å². The predicted octanol–water partition coefficient (Wildman–Crippen LogP) is 3.87. The Morgan fingerprint density at radius 1 is 1.45 bits per heavy atom. The molecule has 0 aliphatic carbocycles. The van der Waals surface area contributed by atoms with E-state index in [4.69, 9.17) is 0 Å². The van der Waals surface area contributed by atoms with Crippen LogP contribution in [0.2, 0.25) is 0 Å². The number of aryl methyl sites for hydroxylation is 1. The van der Waals surface area contributed by atoms with Crippen molar-refractivity contribution in [2.75, 3.05) is 11.9 Å². The van der Waals surface area contributed by atoms with Crippen molar-refractivity contribution in [3.63, 3.8) is 0 Å². The van der Waals surface area contributed by atoms with E-state index in [1.54, 1.807) is 13.0 Å². The molecule has 1 aromatic carbocycles. The van der Waals surface area contributed by atoms with Crippen molar-refractivity contribution in [3.8, 4) is 0 Å². The molecule has 0 radical (unpaired) electrons. The molecule has 0 amide bonds. The fourth-order valence-corrected chi connectivity index (χ4v) is 2.46. The Bertz CT molecular complexity index is 498. The maximum Gasteiger partial charge on any atom is 0.273 e. The highest BCUT2D eigenvalue weighted by atomic mass is 79.9. The van der Waals surface area contributed by atoms with Crippen LogP contribution in [0, 0.1) is 22.5 Å². The van der Waals surface area contributed by atoms with E-state index in [-0.39, 0.29) is 23.8 Å². The molecule has 1 aromatic rings. The monoisotopic (exact) mass is 344 g/mol. The summed E-state index contributed by atoms with van der Waals surface area (Å²) >= 11 is 3.37. The van der Waals surface area contributed by atoms with E-state index in [0.717, 1.165) is 5.69 Å². The van der Waals surface area contributed by atoms with Crippen LogP contribution in [0.3, 0.4) is 0 Å². The lowest BCUT2D eigenvalue weighted by atomic mass is 9.84. The SMILES string of the molecule is Cc1cc(NC(CCO)C(C)(C)C)c(Br)cc1[N+](=O)[O-]. The molecule has 0 saturated carbocycles. The minimum absolute atomic E-state index is 0.0299. The number of rotatable bonds is 5. The summed E-state index contributed by atoms with van der Waals surface area (Å²) in [7, 11) is 0. The van der Waals surface area contributed by atoms with Crippen LogP contribution in [0.4, 0.5) is 11.4 Å². The molecule has 0 spiro atoms. The molecule has 0 aromatic heterocycles. The van der Waals surface area contributed by atoms with Gasteiger partial charge in [-0.15, -0.1) is 0 Å². The number of halogens is 1. The van der Waals surface area contributed by atoms with Crippen LogP contribution in [0.25, 0.3) is 0 Å². The number of aliphatic hydroxyl groups excluding tert-OH is 1. The van der Waals surface area contributed by atoms with Crippen LogP contribution in [-0.2, 0) is 0 Å². The van der Waals surface area contributed by atoms with Crippen molar-refractivity contribution in [1.29, 1.82) is 0 Å². The van der Waals surface area contributed by atoms with E-state index in [1.807, 2.05) is 0 Å². The highest BCUT2D eigenvalue weighted by Gasteiger charge is 2.25. The molecule has 0 saturated heterocycles. The number of hydrogen-bond donors (Lipinski definition) is 2. The third-order valence-corrected chi connectivity index (χ3v) is 3.93. The number of anilines is 1. The molecule has 112 valence electrons. The zero-order valence-corrected chi connectivity index (χ0v) is 13.8. The number of nitrogens with one attached hydrogen (secondary N) is 1. The summed E-state index contributed by atoms with van der Waals surface area (Å²) in [5.74, 6) is 0. The van der Waals surface area contributed by atoms with Crippen LogP contribution in [0.1, 0.15) is 32.8 Å². The average molecular weight is 345 g/mol. The van der Waals surface area contributed by atoms with Gasteiger partial charge in [0.2, 0.25) is 0 Å². The lowest BCUT2D eigenvalue weighted by molar-refractivity contribution is -0.385. The van der Waals surface area contributed by atoms with E-state index in [9.17, 15) is 15.2 Å². The first-order chi connectivity index (χ1) is 9.16. The Balaban J connectivity index is 3.08. The lowest BCUT2D eigenvalue weighted by Gasteiger charge is -2.32. The second-order valence-electron chi connectivity index (χ2n) is 5.95. The first kappa shape index (κ1) is 16.9. The lowest BCUT2D eigenvalue weighted by Crippen LogP contribution is -2.35. The molecule has 0 aliphatic rings. The van der Waals surface area contributed by atoms with Crippen LogP contribution in [-0.4, -0.2) is 22.7 Å². The average Bonchev–Trinajstić information content (AvgIpc) is 2.31. The van der Waals surface area contributed by atoms with Crippen molar-refractivity contribution < 1.29 is 10.0 Å². The summed E-state index contributed by atoms with van der Waals surface area (Å²) < 4.78 is 0.655. The van der Waals surface area contributed by atoms with Crippen LogP contribution >= 0.6 is 15.9 Å². The van der Waals surface area contributed by atoms with Crippen LogP contribution in [0.5, 0.6) is 0 Å². The zero-order valence-electron chi connectivity index (χ0n) is 12.2. The Labute approximate surface area is 127 Å². The van der Waals surface area contributed by atoms with Crippen molar-refractivity contribution in [2.45, 2.75) is 40.2 Å². The molecule has 6 heteroatoms. The minimum Gasteiger partial charge on any atom is -0.396 e. The fourth-order valence-electron chi connectivity index (χ4n) is 2.02. The second kappa shape index (κ2) is 6.54. The van der Waals surface area contributed by atoms with Gasteiger partial charge in [-0.1, -0.05) is 20.8 Å². The molecule has 0 bridgehead atoms. The highest BCUT2D eigenvalue weighted by molar-refractivity contribution is 9.10. The van der Waals surface area contributed by atoms with Crippen LogP contribution in [0.15, 0.2) is 16.6 Å². The summed E-state index contributed by atoms with van der Waals surface area (Å²) in [6.07, 6.45) is 0.617. The standard InChI is InChI=1S/C14H21BrN2O3/c1-9-7-11(10(15)8-12(9)17(19)20)16-13(5-6-18)14(2,3)4/h7-8,13,16,18H,5-6H2,1-4H3. The number of nitro benzene ring substituents is 1. The molecular weight excluding hydrogens is 324 g/mol. The maximum absolute atomic E-state index is 10.9. The largest absolute Gasteiger partial charge is 0.396 e. The third kappa shape index (κ3) is 4.18. The highest BCUT2D eigenvalue weighted by Crippen LogP contribution is 2.33. The van der Waals surface area contributed by atoms with Gasteiger partial charge in [0.1, 0.15) is 0 Å². The first-order valence-corrected chi connectivity index (χ1v) is 7.28. The molecule has 5 nitrogen and oxygen atoms in total. The van der Waals surface area contributed by atoms with Crippen LogP contribution < -0.4 is 5.32 Å². The maximum atomic E-state index is 10.9. The normalized spacial score (nSPS) is 13.1. The number of hydrogen-bond acceptors (Lipinski definition) is 4. The summed E-state index contributed by atoms with van der Waals surface area (Å²) in [6.45, 7) is 8.08. The third-order valence-electron chi connectivity index (χ3n) is 3.28. The number of benzene rings is 1. The van der Waals surface area contributed by atoms with Gasteiger partial charge in [0, 0.05) is 34.4 Å². The molecule has 1 rings (SSSR count). The molecule has 1 unspecified atom stereocenters. The van der Waals surface area contributed by atoms with Gasteiger partial charge < -0.3 is 10.4 Å². The van der Waals surface area contributed by atoms with E-state index in [0.29, 0.717) is 16.5 Å². The summed E-state index contributed by atoms with van der Waals surface area (Å²) in [6, 6.07) is 3.35. The summed E-state index contributed by atoms with van der Waals surface area (Å²) in [4.78, 5) is 10.5. The zero-order chi connectivity index (χ0) is 15.5. The first-order valence-electron chi connectivity index (χ1n) is 6.48. The van der Waals surface area contributed by atoms with E-state index in [1.165, 1.54) is 6.07 Å². The second-order valence-corrected chi connectivity index (χ2v) is 6.81. The summed E-state index contributed by atoms with van der Waals surface area (Å²) in [5.41, 5.74) is 1.48. The molecule has 2 N–H and O–H groups in total. The quantitative estimate of drug-likeness (QED) is 0.627. The number of aliphatic hydroxyl groups is 1. The van der Waals surface area contributed by atoms with Crippen molar-refractivity contribution in [2.24, 2.45) is 5.41 Å². The Kier molecular flexibility index (Phi) is 5.53. The van der Waals surface area contributed by atoms with Gasteiger partial charge in [-0.25, -0.2) is 0 Å². The smallest absolute Gasteiger partial charge is 0.273 e. The van der Waals surface area contributed by atoms with Gasteiger partial charge in [0.25, 0.3) is 5.69 Å². The number of nitrogens with zero attached hydrogens (tertiary/aromatic N) is 1. The van der Waals surface area contributed by atoms with Crippen molar-refractivity contribution in [3.05, 3.63) is 32.3 Å². The van der Waals surface area contributed by atoms with Crippen molar-refractivity contribution >= 4 is 27.3 Å². The molecule has 1 atom stereocenters. The number of nitro groups is 1. The van der Waals surface area contributed by atoms with Gasteiger partial charge >= 0.3 is 0 Å². The topological polar surface area (TPSA) is 75.4 Å². The van der Waals surface area contributed by atoms with Gasteiger partial charge in [-0.3, -0.25) is 10.1 Å². The van der Waals surface area contributed by atoms with Gasteiger partial charge in [0.15, 0.2) is 0 Å². The van der Waals surface area contributed by atoms with E-state index in [2.05, 4.69) is 42.0 Å². The van der Waals surface area contributed by atoms with Crippen molar-refractivity contribution in [1.82, 2.24) is 0 Å². The van der Waals surface area contributed by atoms with E-state index < -0.39 is 4.92 Å². The molecule has 0 fully saturated rings. The fraction of sp³-hybridized carbons (Fsp3) is 0.571. The predicted molar refractivity (Wildman–Crippen MR) is 84.1 cm³/mol. The van der Waals surface area contributed by atoms with E-state index >= 15 is 0 Å². The molecular formula is C14H21BrN2O3. The van der Waals surface area contributed by atoms with Gasteiger partial charge in [-0.05, 0) is 40.8 Å². The van der Waals surface area contributed by atoms with Gasteiger partial charge in [0.05, 0.1) is 4.92 Å².